The third-order valence-electron chi connectivity index (χ3n) is 13.8. The number of rotatable bonds is 8. The first-order valence-electron chi connectivity index (χ1n) is 23.1. The highest BCUT2D eigenvalue weighted by Crippen LogP contribution is 2.49. The predicted octanol–water partition coefficient (Wildman–Crippen LogP) is 17.2. The number of hydrogen-bond donors (Lipinski definition) is 0. The van der Waals surface area contributed by atoms with Crippen molar-refractivity contribution in [2.45, 2.75) is 26.3 Å². The molecule has 1 atom stereocenters. The molecule has 0 saturated heterocycles. The average Bonchev–Trinajstić information content (AvgIpc) is 4.04. The van der Waals surface area contributed by atoms with Crippen molar-refractivity contribution in [3.8, 4) is 50.5 Å². The molecule has 11 aromatic rings. The monoisotopic (exact) mass is 844 g/mol. The van der Waals surface area contributed by atoms with E-state index in [1.54, 1.807) is 0 Å². The Morgan fingerprint density at radius 3 is 1.50 bits per heavy atom. The van der Waals surface area contributed by atoms with Gasteiger partial charge >= 0.3 is 0 Å². The summed E-state index contributed by atoms with van der Waals surface area (Å²) in [6, 6.07) is 85.4. The van der Waals surface area contributed by atoms with E-state index in [1.807, 2.05) is 0 Å². The Morgan fingerprint density at radius 1 is 0.364 bits per heavy atom. The second-order valence-electron chi connectivity index (χ2n) is 17.7. The van der Waals surface area contributed by atoms with Crippen LogP contribution in [-0.4, -0.2) is 4.57 Å². The molecule has 0 spiro atoms. The lowest BCUT2D eigenvalue weighted by atomic mass is 9.84. The molecule has 12 rings (SSSR count). The van der Waals surface area contributed by atoms with Gasteiger partial charge in [-0.05, 0) is 151 Å². The Labute approximate surface area is 387 Å². The van der Waals surface area contributed by atoms with Gasteiger partial charge in [0.1, 0.15) is 0 Å². The lowest BCUT2D eigenvalue weighted by Gasteiger charge is -2.31. The molecule has 0 amide bonds. The minimum Gasteiger partial charge on any atom is -0.333 e. The van der Waals surface area contributed by atoms with Gasteiger partial charge in [-0.3, -0.25) is 0 Å². The van der Waals surface area contributed by atoms with Crippen LogP contribution in [0.3, 0.4) is 0 Å². The molecule has 2 heteroatoms. The van der Waals surface area contributed by atoms with E-state index in [0.29, 0.717) is 0 Å². The lowest BCUT2D eigenvalue weighted by molar-refractivity contribution is 0.749. The number of nitrogens with zero attached hydrogens (tertiary/aromatic N) is 2. The maximum atomic E-state index is 2.58. The van der Waals surface area contributed by atoms with Gasteiger partial charge in [-0.2, -0.15) is 0 Å². The first-order chi connectivity index (χ1) is 32.6. The van der Waals surface area contributed by atoms with E-state index in [-0.39, 0.29) is 6.04 Å². The maximum absolute atomic E-state index is 2.58. The summed E-state index contributed by atoms with van der Waals surface area (Å²) >= 11 is 0. The number of aryl methyl sites for hydroxylation is 2. The Kier molecular flexibility index (Phi) is 9.80. The van der Waals surface area contributed by atoms with Crippen LogP contribution in [-0.2, 0) is 0 Å². The van der Waals surface area contributed by atoms with Crippen molar-refractivity contribution >= 4 is 43.7 Å². The quantitative estimate of drug-likeness (QED) is 0.138. The van der Waals surface area contributed by atoms with Crippen LogP contribution >= 0.6 is 0 Å². The minimum absolute atomic E-state index is 0.158. The Morgan fingerprint density at radius 2 is 0.879 bits per heavy atom. The molecule has 2 nitrogen and oxygen atoms in total. The van der Waals surface area contributed by atoms with E-state index in [1.165, 1.54) is 99.3 Å². The summed E-state index contributed by atoms with van der Waals surface area (Å²) in [7, 11) is 0. The minimum atomic E-state index is 0.158. The van der Waals surface area contributed by atoms with E-state index >= 15 is 0 Å². The number of anilines is 1. The number of benzene rings is 10. The summed E-state index contributed by atoms with van der Waals surface area (Å²) < 4.78 is 2.45. The molecule has 1 aliphatic rings. The summed E-state index contributed by atoms with van der Waals surface area (Å²) in [6.45, 7) is 4.45. The van der Waals surface area contributed by atoms with Gasteiger partial charge in [0.05, 0.1) is 17.4 Å². The van der Waals surface area contributed by atoms with Crippen LogP contribution in [0.5, 0.6) is 0 Å². The number of aromatic nitrogens is 1. The molecule has 0 radical (unpaired) electrons. The van der Waals surface area contributed by atoms with Crippen LogP contribution in [0.2, 0.25) is 0 Å². The molecule has 0 saturated carbocycles. The van der Waals surface area contributed by atoms with Crippen LogP contribution in [0.15, 0.2) is 237 Å². The van der Waals surface area contributed by atoms with E-state index in [4.69, 9.17) is 0 Å². The third kappa shape index (κ3) is 6.82. The summed E-state index contributed by atoms with van der Waals surface area (Å²) in [6.07, 6.45) is 3.35. The van der Waals surface area contributed by atoms with Crippen molar-refractivity contribution in [2.24, 2.45) is 0 Å². The highest BCUT2D eigenvalue weighted by molar-refractivity contribution is 6.22. The molecule has 0 fully saturated rings. The first kappa shape index (κ1) is 39.4. The van der Waals surface area contributed by atoms with Crippen LogP contribution < -0.4 is 4.90 Å². The fraction of sp³-hybridized carbons (Fsp3) is 0.0625. The maximum Gasteiger partial charge on any atom is 0.0626 e. The normalized spacial score (nSPS) is 13.8. The molecule has 0 N–H and O–H groups in total. The molecular weight excluding hydrogens is 797 g/mol. The zero-order valence-corrected chi connectivity index (χ0v) is 37.2. The first-order valence-corrected chi connectivity index (χ1v) is 23.1. The highest BCUT2D eigenvalue weighted by Gasteiger charge is 2.31. The number of hydrogen-bond acceptors (Lipinski definition) is 1. The summed E-state index contributed by atoms with van der Waals surface area (Å²) in [4.78, 5) is 2.58. The van der Waals surface area contributed by atoms with Crippen molar-refractivity contribution in [3.63, 3.8) is 0 Å². The van der Waals surface area contributed by atoms with Crippen LogP contribution in [0, 0.1) is 13.8 Å². The topological polar surface area (TPSA) is 8.17 Å². The van der Waals surface area contributed by atoms with Crippen LogP contribution in [0.1, 0.15) is 34.7 Å². The third-order valence-corrected chi connectivity index (χ3v) is 13.8. The Hall–Kier alpha value is -8.20. The van der Waals surface area contributed by atoms with Gasteiger partial charge in [0.15, 0.2) is 0 Å². The fourth-order valence-electron chi connectivity index (χ4n) is 10.5. The molecule has 1 aromatic heterocycles. The molecule has 0 aliphatic carbocycles. The number of fused-ring (bicyclic) bond motifs is 3. The largest absolute Gasteiger partial charge is 0.333 e. The van der Waals surface area contributed by atoms with Crippen molar-refractivity contribution in [1.82, 2.24) is 4.57 Å². The fourth-order valence-corrected chi connectivity index (χ4v) is 10.5. The molecule has 66 heavy (non-hydrogen) atoms. The van der Waals surface area contributed by atoms with Crippen molar-refractivity contribution in [3.05, 3.63) is 259 Å². The summed E-state index contributed by atoms with van der Waals surface area (Å²) in [5.41, 5.74) is 18.2. The van der Waals surface area contributed by atoms with E-state index in [2.05, 4.69) is 260 Å². The standard InChI is InChI=1S/C64H48N2/c1-43-27-28-51(39-44(43)2)63-55-33-31-54(66-61(48-22-11-5-12-23-48)37-38-62(66)49-24-13-6-14-25-49)42-58(55)64(52-30-29-45-17-15-16-26-50(45)40-52)56-34-32-53(41-57(56)63)65-59(46-18-7-3-8-19-46)35-36-60(65)47-20-9-4-10-21-47/h3-35,37-42,60H,36H2,1-2H3. The Bertz CT molecular complexity index is 3560. The second-order valence-corrected chi connectivity index (χ2v) is 17.7. The van der Waals surface area contributed by atoms with Gasteiger partial charge in [0.2, 0.25) is 0 Å². The average molecular weight is 845 g/mol. The molecule has 0 bridgehead atoms. The van der Waals surface area contributed by atoms with E-state index in [9.17, 15) is 0 Å². The van der Waals surface area contributed by atoms with E-state index < -0.39 is 0 Å². The smallest absolute Gasteiger partial charge is 0.0626 e. The molecule has 314 valence electrons. The molecular formula is C64H48N2. The van der Waals surface area contributed by atoms with Gasteiger partial charge in [-0.1, -0.05) is 194 Å². The predicted molar refractivity (Wildman–Crippen MR) is 280 cm³/mol. The van der Waals surface area contributed by atoms with E-state index in [0.717, 1.165) is 23.5 Å². The van der Waals surface area contributed by atoms with Gasteiger partial charge in [-0.25, -0.2) is 0 Å². The van der Waals surface area contributed by atoms with Crippen molar-refractivity contribution in [1.29, 1.82) is 0 Å². The van der Waals surface area contributed by atoms with Gasteiger partial charge in [0.25, 0.3) is 0 Å². The van der Waals surface area contributed by atoms with Gasteiger partial charge in [-0.15, -0.1) is 0 Å². The zero-order chi connectivity index (χ0) is 44.1. The van der Waals surface area contributed by atoms with Gasteiger partial charge < -0.3 is 9.47 Å². The van der Waals surface area contributed by atoms with Crippen LogP contribution in [0.4, 0.5) is 5.69 Å². The highest BCUT2D eigenvalue weighted by atomic mass is 15.2. The second kappa shape index (κ2) is 16.4. The zero-order valence-electron chi connectivity index (χ0n) is 37.2. The molecule has 10 aromatic carbocycles. The van der Waals surface area contributed by atoms with Crippen molar-refractivity contribution < 1.29 is 0 Å². The summed E-state index contributed by atoms with van der Waals surface area (Å²) in [5.74, 6) is 0. The van der Waals surface area contributed by atoms with Crippen molar-refractivity contribution in [2.75, 3.05) is 4.90 Å². The van der Waals surface area contributed by atoms with Crippen LogP contribution in [0.25, 0.3) is 88.5 Å². The van der Waals surface area contributed by atoms with Gasteiger partial charge in [0, 0.05) is 17.1 Å². The summed E-state index contributed by atoms with van der Waals surface area (Å²) in [5, 5.41) is 7.37. The molecule has 1 unspecified atom stereocenters. The lowest BCUT2D eigenvalue weighted by Crippen LogP contribution is -2.22. The Balaban J connectivity index is 1.18. The molecule has 1 aliphatic heterocycles. The SMILES string of the molecule is Cc1ccc(-c2c3ccc(-n4c(-c5ccccc5)ccc4-c4ccccc4)cc3c(-c3ccc4ccccc4c3)c3ccc(N4C(c5ccccc5)=CCC4c4ccccc4)cc23)cc1C. The molecule has 2 heterocycles.